The Labute approximate surface area is 126 Å². The van der Waals surface area contributed by atoms with Crippen LogP contribution in [0.5, 0.6) is 0 Å². The average Bonchev–Trinajstić information content (AvgIpc) is 2.48. The second kappa shape index (κ2) is 7.29. The molecule has 1 aliphatic rings. The SMILES string of the molecule is CCCC1CCCCN1c1ncc(N)cc1C(=O)OCC. The summed E-state index contributed by atoms with van der Waals surface area (Å²) in [6.45, 7) is 5.28. The molecule has 1 aromatic rings. The Morgan fingerprint density at radius 2 is 2.29 bits per heavy atom. The van der Waals surface area contributed by atoms with E-state index in [9.17, 15) is 4.79 Å². The highest BCUT2D eigenvalue weighted by Gasteiger charge is 2.27. The quantitative estimate of drug-likeness (QED) is 0.845. The molecule has 0 saturated carbocycles. The zero-order valence-electron chi connectivity index (χ0n) is 13.0. The fraction of sp³-hybridized carbons (Fsp3) is 0.625. The second-order valence-electron chi connectivity index (χ2n) is 5.49. The molecule has 21 heavy (non-hydrogen) atoms. The van der Waals surface area contributed by atoms with Crippen molar-refractivity contribution in [3.8, 4) is 0 Å². The average molecular weight is 291 g/mol. The number of anilines is 2. The third-order valence-corrected chi connectivity index (χ3v) is 3.90. The lowest BCUT2D eigenvalue weighted by molar-refractivity contribution is 0.0526. The number of carbonyl (C=O) groups is 1. The summed E-state index contributed by atoms with van der Waals surface area (Å²) in [5, 5.41) is 0. The minimum absolute atomic E-state index is 0.340. The molecule has 116 valence electrons. The fourth-order valence-electron chi connectivity index (χ4n) is 2.97. The van der Waals surface area contributed by atoms with Crippen LogP contribution < -0.4 is 10.6 Å². The molecule has 0 aliphatic carbocycles. The summed E-state index contributed by atoms with van der Waals surface area (Å²) in [5.74, 6) is 0.383. The minimum Gasteiger partial charge on any atom is -0.462 e. The molecule has 5 heteroatoms. The van der Waals surface area contributed by atoms with E-state index < -0.39 is 0 Å². The Kier molecular flexibility index (Phi) is 5.42. The predicted octanol–water partition coefficient (Wildman–Crippen LogP) is 3.00. The van der Waals surface area contributed by atoms with Crippen molar-refractivity contribution in [3.05, 3.63) is 17.8 Å². The predicted molar refractivity (Wildman–Crippen MR) is 84.5 cm³/mol. The maximum absolute atomic E-state index is 12.2. The van der Waals surface area contributed by atoms with Gasteiger partial charge in [-0.05, 0) is 38.7 Å². The van der Waals surface area contributed by atoms with E-state index in [-0.39, 0.29) is 5.97 Å². The molecule has 0 spiro atoms. The minimum atomic E-state index is -0.340. The summed E-state index contributed by atoms with van der Waals surface area (Å²) in [6.07, 6.45) is 7.40. The molecule has 2 rings (SSSR count). The van der Waals surface area contributed by atoms with Crippen LogP contribution in [0.4, 0.5) is 11.5 Å². The van der Waals surface area contributed by atoms with Gasteiger partial charge in [-0.2, -0.15) is 0 Å². The lowest BCUT2D eigenvalue weighted by atomic mass is 9.97. The number of piperidine rings is 1. The number of aromatic nitrogens is 1. The number of nitrogens with zero attached hydrogens (tertiary/aromatic N) is 2. The van der Waals surface area contributed by atoms with Crippen LogP contribution in [0, 0.1) is 0 Å². The lowest BCUT2D eigenvalue weighted by Gasteiger charge is -2.37. The number of pyridine rings is 1. The molecule has 1 aliphatic heterocycles. The fourth-order valence-corrected chi connectivity index (χ4v) is 2.97. The molecular weight excluding hydrogens is 266 g/mol. The highest BCUT2D eigenvalue weighted by molar-refractivity contribution is 5.95. The second-order valence-corrected chi connectivity index (χ2v) is 5.49. The van der Waals surface area contributed by atoms with Gasteiger partial charge in [0.05, 0.1) is 18.5 Å². The molecule has 1 saturated heterocycles. The van der Waals surface area contributed by atoms with E-state index in [1.54, 1.807) is 19.2 Å². The Hall–Kier alpha value is -1.78. The lowest BCUT2D eigenvalue weighted by Crippen LogP contribution is -2.41. The smallest absolute Gasteiger partial charge is 0.341 e. The first kappa shape index (κ1) is 15.6. The number of carbonyl (C=O) groups excluding carboxylic acids is 1. The number of nitrogen functional groups attached to an aromatic ring is 1. The zero-order chi connectivity index (χ0) is 15.2. The van der Waals surface area contributed by atoms with Crippen LogP contribution in [0.1, 0.15) is 56.3 Å². The molecule has 2 N–H and O–H groups in total. The first-order valence-electron chi connectivity index (χ1n) is 7.86. The number of esters is 1. The Morgan fingerprint density at radius 3 is 3.00 bits per heavy atom. The van der Waals surface area contributed by atoms with Crippen molar-refractivity contribution in [1.29, 1.82) is 0 Å². The van der Waals surface area contributed by atoms with Crippen LogP contribution in [-0.4, -0.2) is 30.1 Å². The van der Waals surface area contributed by atoms with Crippen LogP contribution in [-0.2, 0) is 4.74 Å². The van der Waals surface area contributed by atoms with Crippen LogP contribution in [0.2, 0.25) is 0 Å². The van der Waals surface area contributed by atoms with Gasteiger partial charge in [-0.3, -0.25) is 0 Å². The van der Waals surface area contributed by atoms with E-state index in [2.05, 4.69) is 16.8 Å². The molecule has 2 heterocycles. The highest BCUT2D eigenvalue weighted by atomic mass is 16.5. The Bertz CT molecular complexity index is 488. The van der Waals surface area contributed by atoms with Crippen LogP contribution in [0.3, 0.4) is 0 Å². The number of ether oxygens (including phenoxy) is 1. The Balaban J connectivity index is 2.34. The number of nitrogens with two attached hydrogens (primary N) is 1. The Morgan fingerprint density at radius 1 is 1.48 bits per heavy atom. The summed E-state index contributed by atoms with van der Waals surface area (Å²) in [4.78, 5) is 18.9. The van der Waals surface area contributed by atoms with E-state index in [4.69, 9.17) is 10.5 Å². The number of rotatable bonds is 5. The first-order valence-corrected chi connectivity index (χ1v) is 7.86. The molecule has 1 aromatic heterocycles. The van der Waals surface area contributed by atoms with Crippen LogP contribution >= 0.6 is 0 Å². The first-order chi connectivity index (χ1) is 10.2. The van der Waals surface area contributed by atoms with Crippen molar-refractivity contribution in [3.63, 3.8) is 0 Å². The molecule has 1 unspecified atom stereocenters. The molecular formula is C16H25N3O2. The molecule has 0 amide bonds. The van der Waals surface area contributed by atoms with Gasteiger partial charge in [0.2, 0.25) is 0 Å². The van der Waals surface area contributed by atoms with E-state index in [0.29, 0.717) is 23.9 Å². The largest absolute Gasteiger partial charge is 0.462 e. The summed E-state index contributed by atoms with van der Waals surface area (Å²) >= 11 is 0. The van der Waals surface area contributed by atoms with E-state index >= 15 is 0 Å². The molecule has 0 aromatic carbocycles. The molecule has 0 bridgehead atoms. The highest BCUT2D eigenvalue weighted by Crippen LogP contribution is 2.29. The van der Waals surface area contributed by atoms with Crippen LogP contribution in [0.15, 0.2) is 12.3 Å². The van der Waals surface area contributed by atoms with E-state index in [1.807, 2.05) is 0 Å². The van der Waals surface area contributed by atoms with Gasteiger partial charge in [0.25, 0.3) is 0 Å². The summed E-state index contributed by atoms with van der Waals surface area (Å²) in [5.41, 5.74) is 6.77. The van der Waals surface area contributed by atoms with Crippen molar-refractivity contribution in [2.75, 3.05) is 23.8 Å². The van der Waals surface area contributed by atoms with Crippen molar-refractivity contribution in [2.45, 2.75) is 52.0 Å². The maximum Gasteiger partial charge on any atom is 0.341 e. The normalized spacial score (nSPS) is 18.6. The monoisotopic (exact) mass is 291 g/mol. The molecule has 5 nitrogen and oxygen atoms in total. The van der Waals surface area contributed by atoms with Crippen molar-refractivity contribution in [1.82, 2.24) is 4.98 Å². The van der Waals surface area contributed by atoms with E-state index in [1.165, 1.54) is 6.42 Å². The third-order valence-electron chi connectivity index (χ3n) is 3.90. The van der Waals surface area contributed by atoms with Crippen molar-refractivity contribution >= 4 is 17.5 Å². The summed E-state index contributed by atoms with van der Waals surface area (Å²) in [6, 6.07) is 2.13. The van der Waals surface area contributed by atoms with Gasteiger partial charge in [-0.15, -0.1) is 0 Å². The third kappa shape index (κ3) is 3.65. The zero-order valence-corrected chi connectivity index (χ0v) is 13.0. The van der Waals surface area contributed by atoms with Crippen molar-refractivity contribution < 1.29 is 9.53 Å². The summed E-state index contributed by atoms with van der Waals surface area (Å²) in [7, 11) is 0. The maximum atomic E-state index is 12.2. The van der Waals surface area contributed by atoms with Crippen molar-refractivity contribution in [2.24, 2.45) is 0 Å². The van der Waals surface area contributed by atoms with Gasteiger partial charge in [0.1, 0.15) is 11.4 Å². The number of hydrogen-bond acceptors (Lipinski definition) is 5. The molecule has 1 atom stereocenters. The summed E-state index contributed by atoms with van der Waals surface area (Å²) < 4.78 is 5.15. The molecule has 0 radical (unpaired) electrons. The molecule has 1 fully saturated rings. The van der Waals surface area contributed by atoms with Gasteiger partial charge in [-0.1, -0.05) is 13.3 Å². The van der Waals surface area contributed by atoms with Gasteiger partial charge >= 0.3 is 5.97 Å². The topological polar surface area (TPSA) is 68.5 Å². The van der Waals surface area contributed by atoms with Gasteiger partial charge < -0.3 is 15.4 Å². The van der Waals surface area contributed by atoms with Gasteiger partial charge in [0, 0.05) is 12.6 Å². The van der Waals surface area contributed by atoms with Gasteiger partial charge in [0.15, 0.2) is 0 Å². The van der Waals surface area contributed by atoms with Crippen LogP contribution in [0.25, 0.3) is 0 Å². The standard InChI is InChI=1S/C16H25N3O2/c1-3-7-13-8-5-6-9-19(13)15-14(16(20)21-4-2)10-12(17)11-18-15/h10-11,13H,3-9,17H2,1-2H3. The van der Waals surface area contributed by atoms with Gasteiger partial charge in [-0.25, -0.2) is 9.78 Å². The number of hydrogen-bond donors (Lipinski definition) is 1. The van der Waals surface area contributed by atoms with E-state index in [0.717, 1.165) is 38.0 Å².